The minimum atomic E-state index is -0.122. The Morgan fingerprint density at radius 1 is 0.480 bits per heavy atom. The Kier molecular flexibility index (Phi) is 6.19. The SMILES string of the molecule is CC1(C)c2ccccc2-c2ccc(N(c3cccc(-c4ccccc4)c3)c3ccc4c(c3)oc3cccc(-c5nc6ccccc6o5)c34)cc21. The summed E-state index contributed by atoms with van der Waals surface area (Å²) in [6.45, 7) is 4.66. The highest BCUT2D eigenvalue weighted by molar-refractivity contribution is 6.12. The predicted octanol–water partition coefficient (Wildman–Crippen LogP) is 12.8. The van der Waals surface area contributed by atoms with Crippen LogP contribution in [0.1, 0.15) is 25.0 Å². The number of oxazole rings is 1. The van der Waals surface area contributed by atoms with Crippen molar-refractivity contribution in [3.63, 3.8) is 0 Å². The lowest BCUT2D eigenvalue weighted by molar-refractivity contribution is 0.620. The molecule has 0 radical (unpaired) electrons. The van der Waals surface area contributed by atoms with Crippen LogP contribution in [0.25, 0.3) is 66.7 Å². The van der Waals surface area contributed by atoms with Crippen LogP contribution in [0.4, 0.5) is 17.1 Å². The highest BCUT2D eigenvalue weighted by Crippen LogP contribution is 2.51. The van der Waals surface area contributed by atoms with Crippen LogP contribution in [0.15, 0.2) is 167 Å². The van der Waals surface area contributed by atoms with Crippen molar-refractivity contribution in [2.45, 2.75) is 19.3 Å². The molecule has 0 fully saturated rings. The first kappa shape index (κ1) is 28.6. The van der Waals surface area contributed by atoms with E-state index in [-0.39, 0.29) is 5.41 Å². The highest BCUT2D eigenvalue weighted by atomic mass is 16.3. The van der Waals surface area contributed by atoms with Crippen molar-refractivity contribution in [3.05, 3.63) is 169 Å². The molecule has 1 aliphatic carbocycles. The van der Waals surface area contributed by atoms with Gasteiger partial charge in [-0.15, -0.1) is 0 Å². The number of hydrogen-bond donors (Lipinski definition) is 0. The molecule has 0 aliphatic heterocycles. The third kappa shape index (κ3) is 4.35. The third-order valence-corrected chi connectivity index (χ3v) is 10.3. The van der Waals surface area contributed by atoms with Crippen LogP contribution in [0.5, 0.6) is 0 Å². The normalized spacial score (nSPS) is 13.2. The molecule has 0 saturated heterocycles. The Balaban J connectivity index is 1.16. The lowest BCUT2D eigenvalue weighted by atomic mass is 9.82. The molecular weight excluding hydrogens is 613 g/mol. The van der Waals surface area contributed by atoms with Crippen LogP contribution in [-0.2, 0) is 5.41 Å². The van der Waals surface area contributed by atoms with Crippen LogP contribution < -0.4 is 4.90 Å². The summed E-state index contributed by atoms with van der Waals surface area (Å²) in [6.07, 6.45) is 0. The molecule has 0 unspecified atom stereocenters. The van der Waals surface area contributed by atoms with Crippen molar-refractivity contribution in [2.75, 3.05) is 4.90 Å². The number of fused-ring (bicyclic) bond motifs is 7. The standard InChI is InChI=1S/C46H32N2O2/c1-46(2)38-18-7-6-16-34(38)35-24-22-32(27-39(35)46)48(31-15-10-14-30(26-31)29-12-4-3-5-13-29)33-23-25-36-43(28-33)49-42-21-11-17-37(44(36)42)45-47-40-19-8-9-20-41(40)50-45/h3-28H,1-2H3. The Labute approximate surface area is 289 Å². The van der Waals surface area contributed by atoms with Gasteiger partial charge in [0.2, 0.25) is 5.89 Å². The summed E-state index contributed by atoms with van der Waals surface area (Å²) in [4.78, 5) is 7.16. The molecule has 2 aromatic heterocycles. The van der Waals surface area contributed by atoms with Gasteiger partial charge in [0.05, 0.1) is 0 Å². The summed E-state index contributed by atoms with van der Waals surface area (Å²) in [5.74, 6) is 0.588. The highest BCUT2D eigenvalue weighted by Gasteiger charge is 2.35. The number of hydrogen-bond acceptors (Lipinski definition) is 4. The summed E-state index contributed by atoms with van der Waals surface area (Å²) in [6, 6.07) is 55.5. The molecule has 4 nitrogen and oxygen atoms in total. The first-order chi connectivity index (χ1) is 24.5. The second-order valence-corrected chi connectivity index (χ2v) is 13.6. The molecule has 9 aromatic rings. The Morgan fingerprint density at radius 3 is 2.06 bits per heavy atom. The summed E-state index contributed by atoms with van der Waals surface area (Å²) in [7, 11) is 0. The van der Waals surface area contributed by atoms with Gasteiger partial charge in [-0.3, -0.25) is 0 Å². The quantitative estimate of drug-likeness (QED) is 0.187. The maximum Gasteiger partial charge on any atom is 0.228 e. The van der Waals surface area contributed by atoms with Crippen molar-refractivity contribution in [2.24, 2.45) is 0 Å². The van der Waals surface area contributed by atoms with Crippen molar-refractivity contribution < 1.29 is 8.83 Å². The minimum Gasteiger partial charge on any atom is -0.456 e. The number of benzene rings is 7. The van der Waals surface area contributed by atoms with Gasteiger partial charge in [0, 0.05) is 44.9 Å². The van der Waals surface area contributed by atoms with Gasteiger partial charge in [0.1, 0.15) is 16.7 Å². The Morgan fingerprint density at radius 2 is 1.16 bits per heavy atom. The Bertz CT molecular complexity index is 2720. The van der Waals surface area contributed by atoms with Crippen LogP contribution >= 0.6 is 0 Å². The number of furan rings is 1. The lowest BCUT2D eigenvalue weighted by Crippen LogP contribution is -2.16. The number of anilines is 3. The number of para-hydroxylation sites is 2. The first-order valence-corrected chi connectivity index (χ1v) is 17.0. The predicted molar refractivity (Wildman–Crippen MR) is 204 cm³/mol. The summed E-state index contributed by atoms with van der Waals surface area (Å²) >= 11 is 0. The molecule has 0 bridgehead atoms. The monoisotopic (exact) mass is 644 g/mol. The zero-order valence-corrected chi connectivity index (χ0v) is 27.7. The third-order valence-electron chi connectivity index (χ3n) is 10.3. The molecule has 238 valence electrons. The fraction of sp³-hybridized carbons (Fsp3) is 0.0652. The molecule has 1 aliphatic rings. The molecule has 0 amide bonds. The lowest BCUT2D eigenvalue weighted by Gasteiger charge is -2.28. The van der Waals surface area contributed by atoms with Gasteiger partial charge in [-0.2, -0.15) is 0 Å². The van der Waals surface area contributed by atoms with E-state index < -0.39 is 0 Å². The average molecular weight is 645 g/mol. The summed E-state index contributed by atoms with van der Waals surface area (Å²) < 4.78 is 12.8. The summed E-state index contributed by atoms with van der Waals surface area (Å²) in [5, 5.41) is 2.01. The van der Waals surface area contributed by atoms with Crippen LogP contribution in [0, 0.1) is 0 Å². The van der Waals surface area contributed by atoms with Gasteiger partial charge in [-0.05, 0) is 94.0 Å². The van der Waals surface area contributed by atoms with Gasteiger partial charge in [0.25, 0.3) is 0 Å². The molecular formula is C46H32N2O2. The van der Waals surface area contributed by atoms with Gasteiger partial charge in [-0.25, -0.2) is 4.98 Å². The summed E-state index contributed by atoms with van der Waals surface area (Å²) in [5.41, 5.74) is 14.8. The van der Waals surface area contributed by atoms with Gasteiger partial charge in [0.15, 0.2) is 5.58 Å². The van der Waals surface area contributed by atoms with Crippen LogP contribution in [-0.4, -0.2) is 4.98 Å². The van der Waals surface area contributed by atoms with E-state index in [0.717, 1.165) is 61.2 Å². The molecule has 0 N–H and O–H groups in total. The second kappa shape index (κ2) is 10.8. The van der Waals surface area contributed by atoms with E-state index in [1.54, 1.807) is 0 Å². The van der Waals surface area contributed by atoms with Crippen LogP contribution in [0.3, 0.4) is 0 Å². The largest absolute Gasteiger partial charge is 0.456 e. The van der Waals surface area contributed by atoms with E-state index >= 15 is 0 Å². The zero-order chi connectivity index (χ0) is 33.4. The first-order valence-electron chi connectivity index (χ1n) is 17.0. The maximum atomic E-state index is 6.60. The van der Waals surface area contributed by atoms with E-state index in [9.17, 15) is 0 Å². The smallest absolute Gasteiger partial charge is 0.228 e. The fourth-order valence-corrected chi connectivity index (χ4v) is 7.85. The van der Waals surface area contributed by atoms with Gasteiger partial charge < -0.3 is 13.7 Å². The number of rotatable bonds is 5. The molecule has 0 spiro atoms. The van der Waals surface area contributed by atoms with E-state index in [1.165, 1.54) is 27.8 Å². The topological polar surface area (TPSA) is 42.4 Å². The number of nitrogens with zero attached hydrogens (tertiary/aromatic N) is 2. The van der Waals surface area contributed by atoms with E-state index in [4.69, 9.17) is 13.8 Å². The van der Waals surface area contributed by atoms with Crippen LogP contribution in [0.2, 0.25) is 0 Å². The van der Waals surface area contributed by atoms with E-state index in [1.807, 2.05) is 36.4 Å². The fourth-order valence-electron chi connectivity index (χ4n) is 7.85. The zero-order valence-electron chi connectivity index (χ0n) is 27.7. The molecule has 50 heavy (non-hydrogen) atoms. The molecule has 7 aromatic carbocycles. The molecule has 10 rings (SSSR count). The Hall–Kier alpha value is -6.39. The molecule has 2 heterocycles. The van der Waals surface area contributed by atoms with Gasteiger partial charge >= 0.3 is 0 Å². The van der Waals surface area contributed by atoms with Crippen molar-refractivity contribution in [1.82, 2.24) is 4.98 Å². The maximum absolute atomic E-state index is 6.60. The van der Waals surface area contributed by atoms with E-state index in [0.29, 0.717) is 5.89 Å². The number of aromatic nitrogens is 1. The molecule has 0 atom stereocenters. The van der Waals surface area contributed by atoms with Crippen molar-refractivity contribution >= 4 is 50.1 Å². The van der Waals surface area contributed by atoms with Gasteiger partial charge in [-0.1, -0.05) is 105 Å². The average Bonchev–Trinajstić information content (AvgIpc) is 3.83. The molecule has 4 heteroatoms. The second-order valence-electron chi connectivity index (χ2n) is 13.6. The van der Waals surface area contributed by atoms with Crippen molar-refractivity contribution in [3.8, 4) is 33.7 Å². The minimum absolute atomic E-state index is 0.122. The van der Waals surface area contributed by atoms with E-state index in [2.05, 4.69) is 140 Å². The van der Waals surface area contributed by atoms with Crippen molar-refractivity contribution in [1.29, 1.82) is 0 Å². The molecule has 0 saturated carbocycles.